The number of rotatable bonds is 0. The molecule has 1 unspecified atom stereocenters. The van der Waals surface area contributed by atoms with E-state index in [4.69, 9.17) is 0 Å². The SMILES string of the molecule is CC(=O)N1CCC(C#N)(C(C)(C)C)C1. The Kier molecular flexibility index (Phi) is 2.58. The van der Waals surface area contributed by atoms with Gasteiger partial charge in [0.25, 0.3) is 0 Å². The van der Waals surface area contributed by atoms with Crippen LogP contribution >= 0.6 is 0 Å². The molecule has 0 spiro atoms. The highest BCUT2D eigenvalue weighted by Gasteiger charge is 2.48. The minimum Gasteiger partial charge on any atom is -0.341 e. The molecule has 1 atom stereocenters. The van der Waals surface area contributed by atoms with E-state index in [0.717, 1.165) is 13.0 Å². The van der Waals surface area contributed by atoms with Crippen LogP contribution in [0.15, 0.2) is 0 Å². The molecule has 1 amide bonds. The predicted molar refractivity (Wildman–Crippen MR) is 54.4 cm³/mol. The maximum Gasteiger partial charge on any atom is 0.219 e. The first kappa shape index (κ1) is 11.0. The smallest absolute Gasteiger partial charge is 0.219 e. The van der Waals surface area contributed by atoms with Crippen LogP contribution in [0.3, 0.4) is 0 Å². The van der Waals surface area contributed by atoms with Crippen LogP contribution in [0, 0.1) is 22.2 Å². The third-order valence-corrected chi connectivity index (χ3v) is 3.36. The summed E-state index contributed by atoms with van der Waals surface area (Å²) in [7, 11) is 0. The summed E-state index contributed by atoms with van der Waals surface area (Å²) in [5.74, 6) is 0.0753. The van der Waals surface area contributed by atoms with Gasteiger partial charge in [0.05, 0.1) is 11.5 Å². The zero-order chi connectivity index (χ0) is 11.0. The first-order valence-corrected chi connectivity index (χ1v) is 4.99. The van der Waals surface area contributed by atoms with Crippen LogP contribution in [0.2, 0.25) is 0 Å². The van der Waals surface area contributed by atoms with Crippen LogP contribution < -0.4 is 0 Å². The average Bonchev–Trinajstić information content (AvgIpc) is 2.47. The van der Waals surface area contributed by atoms with E-state index in [-0.39, 0.29) is 16.7 Å². The summed E-state index contributed by atoms with van der Waals surface area (Å²) in [4.78, 5) is 13.0. The summed E-state index contributed by atoms with van der Waals surface area (Å²) in [5, 5.41) is 9.26. The van der Waals surface area contributed by atoms with Crippen LogP contribution in [-0.4, -0.2) is 23.9 Å². The average molecular weight is 194 g/mol. The van der Waals surface area contributed by atoms with E-state index in [1.807, 2.05) is 0 Å². The fourth-order valence-corrected chi connectivity index (χ4v) is 1.95. The van der Waals surface area contributed by atoms with Crippen LogP contribution in [0.25, 0.3) is 0 Å². The van der Waals surface area contributed by atoms with Crippen LogP contribution in [-0.2, 0) is 4.79 Å². The molecule has 14 heavy (non-hydrogen) atoms. The molecule has 1 aliphatic rings. The second-order valence-corrected chi connectivity index (χ2v) is 5.13. The molecule has 0 aliphatic carbocycles. The molecule has 0 radical (unpaired) electrons. The normalized spacial score (nSPS) is 27.5. The molecule has 0 aromatic heterocycles. The number of likely N-dealkylation sites (tertiary alicyclic amines) is 1. The lowest BCUT2D eigenvalue weighted by atomic mass is 9.67. The Morgan fingerprint density at radius 3 is 2.29 bits per heavy atom. The summed E-state index contributed by atoms with van der Waals surface area (Å²) in [6.07, 6.45) is 0.798. The summed E-state index contributed by atoms with van der Waals surface area (Å²) < 4.78 is 0. The quantitative estimate of drug-likeness (QED) is 0.590. The number of hydrogen-bond donors (Lipinski definition) is 0. The molecular weight excluding hydrogens is 176 g/mol. The Morgan fingerprint density at radius 1 is 1.50 bits per heavy atom. The van der Waals surface area contributed by atoms with E-state index in [9.17, 15) is 10.1 Å². The summed E-state index contributed by atoms with van der Waals surface area (Å²) in [6, 6.07) is 2.41. The predicted octanol–water partition coefficient (Wildman–Crippen LogP) is 1.79. The monoisotopic (exact) mass is 194 g/mol. The van der Waals surface area contributed by atoms with Gasteiger partial charge in [0.2, 0.25) is 5.91 Å². The molecule has 78 valence electrons. The van der Waals surface area contributed by atoms with Crippen molar-refractivity contribution < 1.29 is 4.79 Å². The molecule has 1 heterocycles. The maximum atomic E-state index is 11.2. The van der Waals surface area contributed by atoms with E-state index < -0.39 is 0 Å². The number of amides is 1. The van der Waals surface area contributed by atoms with Gasteiger partial charge >= 0.3 is 0 Å². The van der Waals surface area contributed by atoms with Crippen molar-refractivity contribution in [2.24, 2.45) is 10.8 Å². The van der Waals surface area contributed by atoms with Gasteiger partial charge in [-0.15, -0.1) is 0 Å². The minimum atomic E-state index is -0.362. The maximum absolute atomic E-state index is 11.2. The van der Waals surface area contributed by atoms with Gasteiger partial charge in [-0.2, -0.15) is 5.26 Å². The van der Waals surface area contributed by atoms with Gasteiger partial charge in [-0.25, -0.2) is 0 Å². The summed E-state index contributed by atoms with van der Waals surface area (Å²) in [6.45, 7) is 9.08. The van der Waals surface area contributed by atoms with Crippen molar-refractivity contribution in [2.45, 2.75) is 34.1 Å². The Bertz CT molecular complexity index is 285. The molecule has 1 rings (SSSR count). The topological polar surface area (TPSA) is 44.1 Å². The van der Waals surface area contributed by atoms with Gasteiger partial charge in [0, 0.05) is 20.0 Å². The Morgan fingerprint density at radius 2 is 2.07 bits per heavy atom. The van der Waals surface area contributed by atoms with Crippen molar-refractivity contribution >= 4 is 5.91 Å². The van der Waals surface area contributed by atoms with Crippen LogP contribution in [0.1, 0.15) is 34.1 Å². The molecule has 0 saturated carbocycles. The number of nitrogens with zero attached hydrogens (tertiary/aromatic N) is 2. The van der Waals surface area contributed by atoms with E-state index in [0.29, 0.717) is 6.54 Å². The first-order valence-electron chi connectivity index (χ1n) is 4.99. The Balaban J connectivity index is 2.89. The molecule has 3 heteroatoms. The van der Waals surface area contributed by atoms with Gasteiger partial charge in [0.1, 0.15) is 0 Å². The zero-order valence-corrected chi connectivity index (χ0v) is 9.42. The van der Waals surface area contributed by atoms with Gasteiger partial charge in [-0.1, -0.05) is 20.8 Å². The van der Waals surface area contributed by atoms with Crippen molar-refractivity contribution in [2.75, 3.05) is 13.1 Å². The molecule has 0 aromatic carbocycles. The minimum absolute atomic E-state index is 0.0635. The number of carbonyl (C=O) groups is 1. The standard InChI is InChI=1S/C11H18N2O/c1-9(14)13-6-5-11(7-12,8-13)10(2,3)4/h5-6,8H2,1-4H3. The first-order chi connectivity index (χ1) is 6.32. The molecule has 0 bridgehead atoms. The zero-order valence-electron chi connectivity index (χ0n) is 9.42. The van der Waals surface area contributed by atoms with Crippen molar-refractivity contribution in [3.63, 3.8) is 0 Å². The lowest BCUT2D eigenvalue weighted by molar-refractivity contribution is -0.128. The van der Waals surface area contributed by atoms with Crippen molar-refractivity contribution in [1.82, 2.24) is 4.90 Å². The van der Waals surface area contributed by atoms with E-state index in [1.54, 1.807) is 11.8 Å². The molecular formula is C11H18N2O. The number of nitriles is 1. The van der Waals surface area contributed by atoms with Crippen LogP contribution in [0.5, 0.6) is 0 Å². The van der Waals surface area contributed by atoms with Crippen molar-refractivity contribution in [3.05, 3.63) is 0 Å². The van der Waals surface area contributed by atoms with E-state index in [1.165, 1.54) is 0 Å². The van der Waals surface area contributed by atoms with Gasteiger partial charge in [0.15, 0.2) is 0 Å². The Hall–Kier alpha value is -1.04. The molecule has 0 aromatic rings. The molecule has 1 aliphatic heterocycles. The number of carbonyl (C=O) groups excluding carboxylic acids is 1. The third-order valence-electron chi connectivity index (χ3n) is 3.36. The number of hydrogen-bond acceptors (Lipinski definition) is 2. The molecule has 0 N–H and O–H groups in total. The summed E-state index contributed by atoms with van der Waals surface area (Å²) >= 11 is 0. The van der Waals surface area contributed by atoms with E-state index in [2.05, 4.69) is 26.8 Å². The molecule has 1 fully saturated rings. The van der Waals surface area contributed by atoms with Crippen molar-refractivity contribution in [1.29, 1.82) is 5.26 Å². The van der Waals surface area contributed by atoms with Gasteiger partial charge in [-0.05, 0) is 11.8 Å². The lowest BCUT2D eigenvalue weighted by Gasteiger charge is -2.35. The lowest BCUT2D eigenvalue weighted by Crippen LogP contribution is -2.38. The molecule has 1 saturated heterocycles. The second kappa shape index (κ2) is 3.27. The Labute approximate surface area is 85.7 Å². The van der Waals surface area contributed by atoms with E-state index >= 15 is 0 Å². The summed E-state index contributed by atoms with van der Waals surface area (Å²) in [5.41, 5.74) is -0.426. The highest BCUT2D eigenvalue weighted by Crippen LogP contribution is 2.45. The third kappa shape index (κ3) is 1.61. The van der Waals surface area contributed by atoms with Gasteiger partial charge in [-0.3, -0.25) is 4.79 Å². The van der Waals surface area contributed by atoms with Crippen molar-refractivity contribution in [3.8, 4) is 6.07 Å². The second-order valence-electron chi connectivity index (χ2n) is 5.13. The van der Waals surface area contributed by atoms with Crippen LogP contribution in [0.4, 0.5) is 0 Å². The fraction of sp³-hybridized carbons (Fsp3) is 0.818. The molecule has 3 nitrogen and oxygen atoms in total. The highest BCUT2D eigenvalue weighted by molar-refractivity contribution is 5.73. The van der Waals surface area contributed by atoms with Gasteiger partial charge < -0.3 is 4.90 Å². The highest BCUT2D eigenvalue weighted by atomic mass is 16.2. The fourth-order valence-electron chi connectivity index (χ4n) is 1.95. The largest absolute Gasteiger partial charge is 0.341 e.